The van der Waals surface area contributed by atoms with Gasteiger partial charge in [-0.1, -0.05) is 45.7 Å². The zero-order valence-corrected chi connectivity index (χ0v) is 15.9. The van der Waals surface area contributed by atoms with Crippen molar-refractivity contribution in [3.05, 3.63) is 63.1 Å². The Bertz CT molecular complexity index is 808. The van der Waals surface area contributed by atoms with E-state index in [2.05, 4.69) is 32.2 Å². The molecule has 6 heteroatoms. The molecule has 1 saturated heterocycles. The lowest BCUT2D eigenvalue weighted by atomic mass is 9.80. The van der Waals surface area contributed by atoms with Crippen molar-refractivity contribution in [2.45, 2.75) is 12.0 Å². The highest BCUT2D eigenvalue weighted by molar-refractivity contribution is 9.10. The molecule has 4 rings (SSSR count). The van der Waals surface area contributed by atoms with Gasteiger partial charge in [-0.05, 0) is 35.4 Å². The number of carbonyl (C=O) groups is 1. The normalized spacial score (nSPS) is 23.8. The van der Waals surface area contributed by atoms with E-state index in [-0.39, 0.29) is 17.9 Å². The molecule has 2 aliphatic rings. The largest absolute Gasteiger partial charge is 0.379 e. The average Bonchev–Trinajstić information content (AvgIpc) is 2.62. The molecule has 0 aromatic heterocycles. The van der Waals surface area contributed by atoms with Crippen molar-refractivity contribution in [1.29, 1.82) is 0 Å². The third-order valence-corrected chi connectivity index (χ3v) is 5.71. The van der Waals surface area contributed by atoms with Gasteiger partial charge in [-0.15, -0.1) is 0 Å². The molecule has 2 atom stereocenters. The van der Waals surface area contributed by atoms with Crippen LogP contribution in [0.1, 0.15) is 17.0 Å². The Hall–Kier alpha value is -1.40. The minimum absolute atomic E-state index is 0.0154. The Labute approximate surface area is 160 Å². The number of carbonyl (C=O) groups excluding carboxylic acids is 1. The van der Waals surface area contributed by atoms with Gasteiger partial charge >= 0.3 is 0 Å². The minimum Gasteiger partial charge on any atom is -0.379 e. The Balaban J connectivity index is 1.87. The van der Waals surface area contributed by atoms with Crippen molar-refractivity contribution in [2.24, 2.45) is 0 Å². The summed E-state index contributed by atoms with van der Waals surface area (Å²) in [5, 5.41) is 3.75. The molecule has 1 N–H and O–H groups in total. The first-order valence-corrected chi connectivity index (χ1v) is 9.49. The van der Waals surface area contributed by atoms with E-state index < -0.39 is 0 Å². The SMILES string of the molecule is O=C1Nc2ccc(Br)cc2[C@H](c2ccccc2Cl)[C@H]1N1CCOCC1. The van der Waals surface area contributed by atoms with Gasteiger partial charge < -0.3 is 10.1 Å². The van der Waals surface area contributed by atoms with E-state index in [0.717, 1.165) is 34.4 Å². The number of halogens is 2. The first-order chi connectivity index (χ1) is 12.1. The van der Waals surface area contributed by atoms with Crippen molar-refractivity contribution in [3.8, 4) is 0 Å². The fourth-order valence-corrected chi connectivity index (χ4v) is 4.36. The molecule has 0 radical (unpaired) electrons. The van der Waals surface area contributed by atoms with Crippen LogP contribution in [0.4, 0.5) is 5.69 Å². The van der Waals surface area contributed by atoms with E-state index in [1.807, 2.05) is 36.4 Å². The smallest absolute Gasteiger partial charge is 0.242 e. The number of hydrogen-bond acceptors (Lipinski definition) is 3. The summed E-state index contributed by atoms with van der Waals surface area (Å²) in [5.74, 6) is -0.102. The van der Waals surface area contributed by atoms with E-state index in [0.29, 0.717) is 18.2 Å². The lowest BCUT2D eigenvalue weighted by molar-refractivity contribution is -0.124. The highest BCUT2D eigenvalue weighted by Gasteiger charge is 2.41. The quantitative estimate of drug-likeness (QED) is 0.800. The van der Waals surface area contributed by atoms with Crippen molar-refractivity contribution < 1.29 is 9.53 Å². The number of amides is 1. The molecule has 0 spiro atoms. The van der Waals surface area contributed by atoms with Crippen LogP contribution in [0.25, 0.3) is 0 Å². The van der Waals surface area contributed by atoms with Gasteiger partial charge in [0.2, 0.25) is 5.91 Å². The van der Waals surface area contributed by atoms with Crippen LogP contribution < -0.4 is 5.32 Å². The zero-order chi connectivity index (χ0) is 17.4. The van der Waals surface area contributed by atoms with Crippen LogP contribution in [0.3, 0.4) is 0 Å². The minimum atomic E-state index is -0.300. The Morgan fingerprint density at radius 2 is 1.88 bits per heavy atom. The van der Waals surface area contributed by atoms with E-state index in [1.165, 1.54) is 0 Å². The standard InChI is InChI=1S/C19H18BrClN2O2/c20-12-5-6-16-14(11-12)17(13-3-1-2-4-15(13)21)18(19(24)22-16)23-7-9-25-10-8-23/h1-6,11,17-18H,7-10H2,(H,22,24)/t17-,18+/m0/s1. The molecule has 2 heterocycles. The second-order valence-corrected chi connectivity index (χ2v) is 7.64. The first kappa shape index (κ1) is 17.0. The average molecular weight is 422 g/mol. The second kappa shape index (κ2) is 7.08. The predicted molar refractivity (Wildman–Crippen MR) is 102 cm³/mol. The first-order valence-electron chi connectivity index (χ1n) is 8.31. The summed E-state index contributed by atoms with van der Waals surface area (Å²) in [6.45, 7) is 2.76. The predicted octanol–water partition coefficient (Wildman–Crippen LogP) is 3.89. The summed E-state index contributed by atoms with van der Waals surface area (Å²) in [7, 11) is 0. The van der Waals surface area contributed by atoms with E-state index in [1.54, 1.807) is 0 Å². The van der Waals surface area contributed by atoms with Crippen LogP contribution in [-0.2, 0) is 9.53 Å². The number of rotatable bonds is 2. The summed E-state index contributed by atoms with van der Waals surface area (Å²) < 4.78 is 6.46. The molecule has 2 aromatic carbocycles. The summed E-state index contributed by atoms with van der Waals surface area (Å²) in [6, 6.07) is 13.5. The molecular weight excluding hydrogens is 404 g/mol. The number of fused-ring (bicyclic) bond motifs is 1. The number of nitrogens with zero attached hydrogens (tertiary/aromatic N) is 1. The van der Waals surface area contributed by atoms with Crippen molar-refractivity contribution in [1.82, 2.24) is 4.90 Å². The monoisotopic (exact) mass is 420 g/mol. The van der Waals surface area contributed by atoms with Crippen molar-refractivity contribution in [3.63, 3.8) is 0 Å². The van der Waals surface area contributed by atoms with Crippen LogP contribution in [0.15, 0.2) is 46.9 Å². The fourth-order valence-electron chi connectivity index (χ4n) is 3.73. The third kappa shape index (κ3) is 3.22. The summed E-state index contributed by atoms with van der Waals surface area (Å²) >= 11 is 10.1. The van der Waals surface area contributed by atoms with Crippen LogP contribution in [-0.4, -0.2) is 43.2 Å². The highest BCUT2D eigenvalue weighted by Crippen LogP contribution is 2.42. The van der Waals surface area contributed by atoms with Gasteiger partial charge in [-0.2, -0.15) is 0 Å². The maximum absolute atomic E-state index is 13.0. The molecule has 0 unspecified atom stereocenters. The van der Waals surface area contributed by atoms with Crippen molar-refractivity contribution in [2.75, 3.05) is 31.6 Å². The Morgan fingerprint density at radius 3 is 2.64 bits per heavy atom. The van der Waals surface area contributed by atoms with E-state index in [4.69, 9.17) is 16.3 Å². The van der Waals surface area contributed by atoms with Gasteiger partial charge in [0.25, 0.3) is 0 Å². The van der Waals surface area contributed by atoms with Crippen LogP contribution in [0.5, 0.6) is 0 Å². The molecule has 1 amide bonds. The van der Waals surface area contributed by atoms with Gasteiger partial charge in [0.05, 0.1) is 13.2 Å². The maximum atomic E-state index is 13.0. The zero-order valence-electron chi connectivity index (χ0n) is 13.5. The molecule has 130 valence electrons. The van der Waals surface area contributed by atoms with E-state index >= 15 is 0 Å². The molecule has 0 bridgehead atoms. The van der Waals surface area contributed by atoms with Gasteiger partial charge in [0, 0.05) is 34.2 Å². The summed E-state index contributed by atoms with van der Waals surface area (Å²) in [5.41, 5.74) is 2.91. The van der Waals surface area contributed by atoms with Gasteiger partial charge in [-0.3, -0.25) is 9.69 Å². The molecule has 0 saturated carbocycles. The van der Waals surface area contributed by atoms with Gasteiger partial charge in [0.15, 0.2) is 0 Å². The van der Waals surface area contributed by atoms with Crippen molar-refractivity contribution >= 4 is 39.1 Å². The maximum Gasteiger partial charge on any atom is 0.242 e. The molecular formula is C19H18BrClN2O2. The lowest BCUT2D eigenvalue weighted by Crippen LogP contribution is -2.54. The number of anilines is 1. The lowest BCUT2D eigenvalue weighted by Gasteiger charge is -2.41. The molecule has 0 aliphatic carbocycles. The summed E-state index contributed by atoms with van der Waals surface area (Å²) in [6.07, 6.45) is 0. The third-order valence-electron chi connectivity index (χ3n) is 4.87. The summed E-state index contributed by atoms with van der Waals surface area (Å²) in [4.78, 5) is 15.2. The number of benzene rings is 2. The Morgan fingerprint density at radius 1 is 1.12 bits per heavy atom. The number of nitrogens with one attached hydrogen (secondary N) is 1. The molecule has 2 aromatic rings. The fraction of sp³-hybridized carbons (Fsp3) is 0.316. The molecule has 2 aliphatic heterocycles. The van der Waals surface area contributed by atoms with Crippen LogP contribution in [0.2, 0.25) is 5.02 Å². The van der Waals surface area contributed by atoms with Crippen LogP contribution >= 0.6 is 27.5 Å². The molecule has 4 nitrogen and oxygen atoms in total. The number of ether oxygens (including phenoxy) is 1. The number of hydrogen-bond donors (Lipinski definition) is 1. The Kier molecular flexibility index (Phi) is 4.82. The van der Waals surface area contributed by atoms with Crippen LogP contribution in [0, 0.1) is 0 Å². The molecule has 25 heavy (non-hydrogen) atoms. The van der Waals surface area contributed by atoms with Gasteiger partial charge in [0.1, 0.15) is 6.04 Å². The highest BCUT2D eigenvalue weighted by atomic mass is 79.9. The van der Waals surface area contributed by atoms with Gasteiger partial charge in [-0.25, -0.2) is 0 Å². The van der Waals surface area contributed by atoms with E-state index in [9.17, 15) is 4.79 Å². The molecule has 1 fully saturated rings. The second-order valence-electron chi connectivity index (χ2n) is 6.31. The topological polar surface area (TPSA) is 41.6 Å². The number of morpholine rings is 1.